The lowest BCUT2D eigenvalue weighted by atomic mass is 9.97. The molecule has 0 spiro atoms. The lowest BCUT2D eigenvalue weighted by Gasteiger charge is -2.41. The Bertz CT molecular complexity index is 1270. The molecule has 13 heteroatoms. The number of nitrogens with two attached hydrogens (primary N) is 1. The molecule has 2 aromatic heterocycles. The molecule has 1 aliphatic heterocycles. The molecule has 11 nitrogen and oxygen atoms in total. The molecule has 0 aliphatic carbocycles. The van der Waals surface area contributed by atoms with E-state index in [1.807, 2.05) is 0 Å². The fraction of sp³-hybridized carbons (Fsp3) is 0.786. The summed E-state index contributed by atoms with van der Waals surface area (Å²) in [4.78, 5) is 26.6. The molecule has 3 rings (SSSR count). The number of hydrogen-bond acceptors (Lipinski definition) is 10. The highest BCUT2D eigenvalue weighted by Crippen LogP contribution is 2.45. The zero-order chi connectivity index (χ0) is 32.1. The molecule has 232 valence electrons. The van der Waals surface area contributed by atoms with Crippen LogP contribution in [0.3, 0.4) is 0 Å². The third-order valence-corrected chi connectivity index (χ3v) is 17.6. The number of methoxy groups -OCH3 is 1. The van der Waals surface area contributed by atoms with Crippen LogP contribution in [0, 0.1) is 5.41 Å². The Balaban J connectivity index is 2.20. The topological polar surface area (TPSA) is 133 Å². The Morgan fingerprint density at radius 1 is 1.05 bits per heavy atom. The van der Waals surface area contributed by atoms with Gasteiger partial charge in [0, 0.05) is 1.37 Å². The summed E-state index contributed by atoms with van der Waals surface area (Å²) in [6.45, 7) is 25.2. The van der Waals surface area contributed by atoms with E-state index in [2.05, 4.69) is 82.7 Å². The van der Waals surface area contributed by atoms with Crippen molar-refractivity contribution in [3.05, 3.63) is 6.20 Å². The van der Waals surface area contributed by atoms with Crippen LogP contribution in [-0.2, 0) is 23.1 Å². The van der Waals surface area contributed by atoms with Crippen LogP contribution < -0.4 is 10.5 Å². The molecular formula is C28H51N5O6Si2. The van der Waals surface area contributed by atoms with Crippen molar-refractivity contribution in [1.29, 1.82) is 0 Å². The molecule has 41 heavy (non-hydrogen) atoms. The van der Waals surface area contributed by atoms with Crippen molar-refractivity contribution in [2.45, 2.75) is 123 Å². The van der Waals surface area contributed by atoms with E-state index in [1.165, 1.54) is 13.3 Å². The molecule has 1 aliphatic rings. The van der Waals surface area contributed by atoms with Crippen molar-refractivity contribution in [1.82, 2.24) is 19.5 Å². The van der Waals surface area contributed by atoms with E-state index < -0.39 is 52.6 Å². The van der Waals surface area contributed by atoms with Crippen molar-refractivity contribution in [2.24, 2.45) is 5.41 Å². The number of imidazole rings is 1. The minimum atomic E-state index is -2.42. The number of carbonyl (C=O) groups is 1. The minimum Gasteiger partial charge on any atom is -0.468 e. The highest BCUT2D eigenvalue weighted by atomic mass is 28.4. The number of esters is 1. The summed E-state index contributed by atoms with van der Waals surface area (Å²) in [6, 6.07) is 0.202. The van der Waals surface area contributed by atoms with Gasteiger partial charge in [0.1, 0.15) is 17.7 Å². The lowest BCUT2D eigenvalue weighted by molar-refractivity contribution is -0.167. The summed E-state index contributed by atoms with van der Waals surface area (Å²) >= 11 is 0. The van der Waals surface area contributed by atoms with Gasteiger partial charge in [-0.25, -0.2) is 9.55 Å². The van der Waals surface area contributed by atoms with E-state index in [1.54, 1.807) is 18.4 Å². The highest BCUT2D eigenvalue weighted by Gasteiger charge is 2.55. The van der Waals surface area contributed by atoms with Crippen LogP contribution in [0.1, 0.15) is 69.9 Å². The Morgan fingerprint density at radius 3 is 2.20 bits per heavy atom. The number of anilines is 1. The van der Waals surface area contributed by atoms with E-state index in [0.29, 0.717) is 11.2 Å². The van der Waals surface area contributed by atoms with Crippen LogP contribution in [0.25, 0.3) is 11.2 Å². The zero-order valence-electron chi connectivity index (χ0n) is 28.1. The van der Waals surface area contributed by atoms with Crippen LogP contribution in [0.2, 0.25) is 36.3 Å². The van der Waals surface area contributed by atoms with Gasteiger partial charge in [0.05, 0.1) is 25.3 Å². The molecule has 0 bridgehead atoms. The Labute approximate surface area is 248 Å². The van der Waals surface area contributed by atoms with Crippen LogP contribution in [0.15, 0.2) is 6.20 Å². The van der Waals surface area contributed by atoms with Crippen molar-refractivity contribution in [3.8, 4) is 6.01 Å². The van der Waals surface area contributed by atoms with E-state index in [0.717, 1.165) is 0 Å². The van der Waals surface area contributed by atoms with Gasteiger partial charge in [-0.3, -0.25) is 4.79 Å². The molecule has 4 atom stereocenters. The summed E-state index contributed by atoms with van der Waals surface area (Å²) in [5.41, 5.74) is 5.75. The summed E-state index contributed by atoms with van der Waals surface area (Å²) in [5, 5.41) is -0.158. The number of carbonyl (C=O) groups excluding carboxylic acids is 1. The van der Waals surface area contributed by atoms with E-state index in [9.17, 15) is 4.79 Å². The maximum atomic E-state index is 13.5. The molecule has 1 fully saturated rings. The maximum Gasteiger partial charge on any atom is 0.311 e. The molecule has 0 aromatic carbocycles. The monoisotopic (exact) mass is 610 g/mol. The molecule has 0 saturated carbocycles. The fourth-order valence-corrected chi connectivity index (χ4v) is 6.22. The van der Waals surface area contributed by atoms with Gasteiger partial charge in [-0.2, -0.15) is 9.97 Å². The van der Waals surface area contributed by atoms with E-state index >= 15 is 0 Å². The molecule has 2 aromatic rings. The molecule has 2 N–H and O–H groups in total. The van der Waals surface area contributed by atoms with Crippen molar-refractivity contribution in [2.75, 3.05) is 19.5 Å². The summed E-state index contributed by atoms with van der Waals surface area (Å²) in [5.74, 6) is -0.469. The first-order chi connectivity index (χ1) is 19.1. The quantitative estimate of drug-likeness (QED) is 0.294. The van der Waals surface area contributed by atoms with Gasteiger partial charge in [-0.1, -0.05) is 41.5 Å². The molecular weight excluding hydrogens is 559 g/mol. The summed E-state index contributed by atoms with van der Waals surface area (Å²) < 4.78 is 42.0. The number of nitrogens with zero attached hydrogens (tertiary/aromatic N) is 4. The van der Waals surface area contributed by atoms with E-state index in [4.69, 9.17) is 30.2 Å². The third kappa shape index (κ3) is 6.95. The van der Waals surface area contributed by atoms with Crippen molar-refractivity contribution in [3.63, 3.8) is 0 Å². The normalized spacial score (nSPS) is 23.1. The standard InChI is InChI=1S/C28H51N5O6Si2/c1-26(2,3)23(34)38-20-19(39-41(13,14)28(7,8)9)18(16-36-40(11,12)27(4,5)6)37-22(20)33-21-17(31-25(33)35-10)15-30-24(29)32-21/h15,18-20,22H,16H2,1-14H3,(H2,29,30,32)/t18-,19-,20+,22?/m1/s1/i1D. The number of fused-ring (bicyclic) bond motifs is 1. The second-order valence-corrected chi connectivity index (χ2v) is 24.2. The molecule has 0 amide bonds. The van der Waals surface area contributed by atoms with Gasteiger partial charge in [-0.05, 0) is 57.0 Å². The number of nitrogen functional groups attached to an aromatic ring is 1. The van der Waals surface area contributed by atoms with Gasteiger partial charge >= 0.3 is 12.0 Å². The third-order valence-electron chi connectivity index (χ3n) is 8.59. The van der Waals surface area contributed by atoms with Crippen LogP contribution in [0.5, 0.6) is 6.01 Å². The summed E-state index contributed by atoms with van der Waals surface area (Å²) in [7, 11) is -3.11. The van der Waals surface area contributed by atoms with Gasteiger partial charge in [0.2, 0.25) is 5.95 Å². The first-order valence-electron chi connectivity index (χ1n) is 14.8. The molecule has 3 heterocycles. The Kier molecular flexibility index (Phi) is 8.71. The second-order valence-electron chi connectivity index (χ2n) is 14.6. The number of aromatic nitrogens is 4. The average molecular weight is 611 g/mol. The number of ether oxygens (including phenoxy) is 3. The number of rotatable bonds is 8. The van der Waals surface area contributed by atoms with Crippen LogP contribution in [0.4, 0.5) is 5.95 Å². The predicted octanol–water partition coefficient (Wildman–Crippen LogP) is 5.68. The van der Waals surface area contributed by atoms with Gasteiger partial charge < -0.3 is 28.8 Å². The lowest BCUT2D eigenvalue weighted by Crippen LogP contribution is -2.52. The smallest absolute Gasteiger partial charge is 0.311 e. The predicted molar refractivity (Wildman–Crippen MR) is 165 cm³/mol. The first-order valence-corrected chi connectivity index (χ1v) is 19.9. The SMILES string of the molecule is [2H]CC(C)(C)C(=O)O[C@@H]1C(n2c(OC)nc3cnc(N)nc32)O[C@H](CO[Si](C)(C)C(C)(C)C)[C@H]1O[Si](C)(C)C(C)(C)C. The second kappa shape index (κ2) is 11.2. The summed E-state index contributed by atoms with van der Waals surface area (Å²) in [6.07, 6.45) is -1.60. The van der Waals surface area contributed by atoms with Gasteiger partial charge in [0.15, 0.2) is 34.6 Å². The minimum absolute atomic E-state index is 0.0248. The zero-order valence-corrected chi connectivity index (χ0v) is 29.1. The highest BCUT2D eigenvalue weighted by molar-refractivity contribution is 6.74. The Hall–Kier alpha value is -2.07. The maximum absolute atomic E-state index is 13.5. The first kappa shape index (κ1) is 31.9. The fourth-order valence-electron chi connectivity index (χ4n) is 3.88. The molecule has 1 unspecified atom stereocenters. The van der Waals surface area contributed by atoms with E-state index in [-0.39, 0.29) is 35.5 Å². The van der Waals surface area contributed by atoms with Crippen molar-refractivity contribution >= 4 is 39.7 Å². The average Bonchev–Trinajstić information content (AvgIpc) is 3.38. The van der Waals surface area contributed by atoms with Crippen molar-refractivity contribution < 1.29 is 29.2 Å². The Morgan fingerprint density at radius 2 is 1.66 bits per heavy atom. The van der Waals surface area contributed by atoms with Gasteiger partial charge in [0.25, 0.3) is 0 Å². The molecule has 0 radical (unpaired) electrons. The molecule has 1 saturated heterocycles. The number of hydrogen-bond donors (Lipinski definition) is 1. The van der Waals surface area contributed by atoms with Crippen LogP contribution >= 0.6 is 0 Å². The van der Waals surface area contributed by atoms with Gasteiger partial charge in [-0.15, -0.1) is 0 Å². The largest absolute Gasteiger partial charge is 0.468 e. The van der Waals surface area contributed by atoms with Crippen LogP contribution in [-0.4, -0.2) is 74.2 Å².